The molecule has 0 unspecified atom stereocenters. The number of hydrogen-bond donors (Lipinski definition) is 1. The van der Waals surface area contributed by atoms with Crippen molar-refractivity contribution in [2.75, 3.05) is 33.9 Å². The van der Waals surface area contributed by atoms with Crippen LogP contribution in [0, 0.1) is 0 Å². The van der Waals surface area contributed by atoms with Gasteiger partial charge in [-0.1, -0.05) is 0 Å². The van der Waals surface area contributed by atoms with Crippen LogP contribution < -0.4 is 14.8 Å². The van der Waals surface area contributed by atoms with E-state index in [0.717, 1.165) is 19.6 Å². The van der Waals surface area contributed by atoms with Crippen LogP contribution in [0.25, 0.3) is 0 Å². The first-order valence-electron chi connectivity index (χ1n) is 6.39. The molecular weight excluding hydrogens is 280 g/mol. The topological polar surface area (TPSA) is 50.8 Å². The maximum absolute atomic E-state index is 12.5. The average Bonchev–Trinajstić information content (AvgIpc) is 2.45. The molecule has 2 rings (SSSR count). The molecule has 1 atom stereocenters. The second kappa shape index (κ2) is 7.36. The van der Waals surface area contributed by atoms with Gasteiger partial charge in [-0.3, -0.25) is 4.79 Å². The lowest BCUT2D eigenvalue weighted by atomic mass is 10.1. The van der Waals surface area contributed by atoms with E-state index in [0.29, 0.717) is 23.1 Å². The molecule has 0 aromatic heterocycles. The van der Waals surface area contributed by atoms with Crippen LogP contribution in [0.15, 0.2) is 18.2 Å². The number of ether oxygens (including phenoxy) is 2. The molecule has 5 nitrogen and oxygen atoms in total. The Morgan fingerprint density at radius 3 is 2.35 bits per heavy atom. The lowest BCUT2D eigenvalue weighted by Crippen LogP contribution is -2.51. The van der Waals surface area contributed by atoms with Gasteiger partial charge >= 0.3 is 0 Å². The summed E-state index contributed by atoms with van der Waals surface area (Å²) >= 11 is 0. The molecule has 1 fully saturated rings. The molecule has 6 heteroatoms. The number of nitrogens with zero attached hydrogens (tertiary/aromatic N) is 1. The number of methoxy groups -OCH3 is 2. The monoisotopic (exact) mass is 300 g/mol. The van der Waals surface area contributed by atoms with Crippen LogP contribution in [-0.2, 0) is 0 Å². The summed E-state index contributed by atoms with van der Waals surface area (Å²) in [6.07, 6.45) is 0. The second-order valence-corrected chi connectivity index (χ2v) is 4.71. The summed E-state index contributed by atoms with van der Waals surface area (Å²) < 4.78 is 10.4. The lowest BCUT2D eigenvalue weighted by molar-refractivity contribution is 0.0708. The van der Waals surface area contributed by atoms with Crippen molar-refractivity contribution in [2.45, 2.75) is 13.0 Å². The van der Waals surface area contributed by atoms with Gasteiger partial charge in [-0.25, -0.2) is 0 Å². The Balaban J connectivity index is 0.00000200. The number of carbonyl (C=O) groups excluding carboxylic acids is 1. The van der Waals surface area contributed by atoms with Gasteiger partial charge in [0.2, 0.25) is 0 Å². The lowest BCUT2D eigenvalue weighted by Gasteiger charge is -2.32. The number of rotatable bonds is 3. The fraction of sp³-hybridized carbons (Fsp3) is 0.500. The van der Waals surface area contributed by atoms with Crippen LogP contribution in [0.2, 0.25) is 0 Å². The zero-order chi connectivity index (χ0) is 13.8. The van der Waals surface area contributed by atoms with Crippen molar-refractivity contribution in [1.82, 2.24) is 10.2 Å². The first-order chi connectivity index (χ1) is 9.13. The van der Waals surface area contributed by atoms with E-state index in [9.17, 15) is 4.79 Å². The van der Waals surface area contributed by atoms with Gasteiger partial charge in [0.05, 0.1) is 14.2 Å². The Bertz CT molecular complexity index is 445. The normalized spacial score (nSPS) is 18.1. The Kier molecular flexibility index (Phi) is 6.10. The van der Waals surface area contributed by atoms with Crippen LogP contribution in [0.5, 0.6) is 11.5 Å². The SMILES string of the molecule is COc1cc(OC)cc(C(=O)N2CCN[C@@H](C)C2)c1.Cl. The van der Waals surface area contributed by atoms with Crippen molar-refractivity contribution in [1.29, 1.82) is 0 Å². The molecule has 112 valence electrons. The Labute approximate surface area is 125 Å². The van der Waals surface area contributed by atoms with Gasteiger partial charge in [-0.05, 0) is 19.1 Å². The van der Waals surface area contributed by atoms with Crippen molar-refractivity contribution in [3.63, 3.8) is 0 Å². The molecule has 0 radical (unpaired) electrons. The van der Waals surface area contributed by atoms with Crippen LogP contribution >= 0.6 is 12.4 Å². The highest BCUT2D eigenvalue weighted by Gasteiger charge is 2.22. The molecule has 0 saturated carbocycles. The predicted octanol–water partition coefficient (Wildman–Crippen LogP) is 1.56. The van der Waals surface area contributed by atoms with Crippen molar-refractivity contribution in [3.8, 4) is 11.5 Å². The second-order valence-electron chi connectivity index (χ2n) is 4.71. The van der Waals surface area contributed by atoms with Crippen LogP contribution in [-0.4, -0.2) is 50.7 Å². The first-order valence-corrected chi connectivity index (χ1v) is 6.39. The van der Waals surface area contributed by atoms with Crippen molar-refractivity contribution >= 4 is 18.3 Å². The number of amides is 1. The highest BCUT2D eigenvalue weighted by molar-refractivity contribution is 5.95. The molecule has 0 bridgehead atoms. The fourth-order valence-corrected chi connectivity index (χ4v) is 2.23. The van der Waals surface area contributed by atoms with Crippen LogP contribution in [0.1, 0.15) is 17.3 Å². The first kappa shape index (κ1) is 16.6. The smallest absolute Gasteiger partial charge is 0.254 e. The van der Waals surface area contributed by atoms with E-state index >= 15 is 0 Å². The minimum atomic E-state index is 0. The maximum Gasteiger partial charge on any atom is 0.254 e. The molecule has 1 amide bonds. The number of nitrogens with one attached hydrogen (secondary N) is 1. The largest absolute Gasteiger partial charge is 0.497 e. The van der Waals surface area contributed by atoms with E-state index in [2.05, 4.69) is 12.2 Å². The minimum Gasteiger partial charge on any atom is -0.497 e. The third-order valence-electron chi connectivity index (χ3n) is 3.25. The summed E-state index contributed by atoms with van der Waals surface area (Å²) in [5.41, 5.74) is 0.602. The Morgan fingerprint density at radius 1 is 1.25 bits per heavy atom. The third-order valence-corrected chi connectivity index (χ3v) is 3.25. The number of hydrogen-bond acceptors (Lipinski definition) is 4. The van der Waals surface area contributed by atoms with Gasteiger partial charge in [0.1, 0.15) is 11.5 Å². The minimum absolute atomic E-state index is 0. The number of carbonyl (C=O) groups is 1. The molecule has 1 aromatic carbocycles. The number of piperazine rings is 1. The van der Waals surface area contributed by atoms with E-state index in [4.69, 9.17) is 9.47 Å². The van der Waals surface area contributed by atoms with E-state index < -0.39 is 0 Å². The van der Waals surface area contributed by atoms with Gasteiger partial charge < -0.3 is 19.7 Å². The van der Waals surface area contributed by atoms with Gasteiger partial charge in [-0.15, -0.1) is 12.4 Å². The van der Waals surface area contributed by atoms with E-state index in [1.54, 1.807) is 32.4 Å². The van der Waals surface area contributed by atoms with E-state index in [1.807, 2.05) is 4.90 Å². The highest BCUT2D eigenvalue weighted by atomic mass is 35.5. The summed E-state index contributed by atoms with van der Waals surface area (Å²) in [7, 11) is 3.16. The number of halogens is 1. The Morgan fingerprint density at radius 2 is 1.85 bits per heavy atom. The van der Waals surface area contributed by atoms with Crippen LogP contribution in [0.4, 0.5) is 0 Å². The summed E-state index contributed by atoms with van der Waals surface area (Å²) in [4.78, 5) is 14.3. The van der Waals surface area contributed by atoms with Gasteiger partial charge in [0.15, 0.2) is 0 Å². The quantitative estimate of drug-likeness (QED) is 0.920. The molecule has 1 aromatic rings. The summed E-state index contributed by atoms with van der Waals surface area (Å²) in [5, 5.41) is 3.32. The fourth-order valence-electron chi connectivity index (χ4n) is 2.23. The van der Waals surface area contributed by atoms with Crippen molar-refractivity contribution in [2.24, 2.45) is 0 Å². The summed E-state index contributed by atoms with van der Waals surface area (Å²) in [5.74, 6) is 1.28. The molecule has 0 spiro atoms. The standard InChI is InChI=1S/C14H20N2O3.ClH/c1-10-9-16(5-4-15-10)14(17)11-6-12(18-2)8-13(7-11)19-3;/h6-8,10,15H,4-5,9H2,1-3H3;1H/t10-;/m0./s1. The molecule has 0 aliphatic carbocycles. The zero-order valence-electron chi connectivity index (χ0n) is 12.0. The molecule has 20 heavy (non-hydrogen) atoms. The zero-order valence-corrected chi connectivity index (χ0v) is 12.8. The average molecular weight is 301 g/mol. The van der Waals surface area contributed by atoms with E-state index in [-0.39, 0.29) is 18.3 Å². The van der Waals surface area contributed by atoms with Crippen molar-refractivity contribution < 1.29 is 14.3 Å². The molecule has 1 aliphatic heterocycles. The molecule has 1 aliphatic rings. The van der Waals surface area contributed by atoms with Crippen molar-refractivity contribution in [3.05, 3.63) is 23.8 Å². The maximum atomic E-state index is 12.5. The Hall–Kier alpha value is -1.46. The third kappa shape index (κ3) is 3.77. The predicted molar refractivity (Wildman–Crippen MR) is 80.2 cm³/mol. The molecule has 1 heterocycles. The molecule has 1 saturated heterocycles. The summed E-state index contributed by atoms with van der Waals surface area (Å²) in [6.45, 7) is 4.35. The highest BCUT2D eigenvalue weighted by Crippen LogP contribution is 2.23. The van der Waals surface area contributed by atoms with Gasteiger partial charge in [-0.2, -0.15) is 0 Å². The van der Waals surface area contributed by atoms with Gasteiger partial charge in [0.25, 0.3) is 5.91 Å². The number of benzene rings is 1. The molecule has 1 N–H and O–H groups in total. The summed E-state index contributed by atoms with van der Waals surface area (Å²) in [6, 6.07) is 5.58. The van der Waals surface area contributed by atoms with Gasteiger partial charge in [0, 0.05) is 37.3 Å². The van der Waals surface area contributed by atoms with E-state index in [1.165, 1.54) is 0 Å². The molecular formula is C14H21ClN2O3. The van der Waals surface area contributed by atoms with Crippen LogP contribution in [0.3, 0.4) is 0 Å².